The molecule has 0 nitrogen and oxygen atoms in total. The molecule has 19 heavy (non-hydrogen) atoms. The SMILES string of the molecule is C[C@H]1CC[P+](Cc2ccccc2)(c2ccccc2)C1. The monoisotopic (exact) mass is 269 g/mol. The maximum Gasteiger partial charge on any atom is 0.0943 e. The fraction of sp³-hybridized carbons (Fsp3) is 0.333. The fourth-order valence-corrected chi connectivity index (χ4v) is 8.54. The molecule has 1 heteroatoms. The van der Waals surface area contributed by atoms with Crippen LogP contribution in [0.4, 0.5) is 0 Å². The summed E-state index contributed by atoms with van der Waals surface area (Å²) < 4.78 is 0. The topological polar surface area (TPSA) is 0 Å². The van der Waals surface area contributed by atoms with Crippen LogP contribution < -0.4 is 5.30 Å². The molecule has 3 rings (SSSR count). The molecule has 1 saturated heterocycles. The van der Waals surface area contributed by atoms with Gasteiger partial charge in [0.25, 0.3) is 0 Å². The molecule has 0 N–H and O–H groups in total. The molecule has 2 aromatic carbocycles. The lowest BCUT2D eigenvalue weighted by atomic mass is 10.2. The van der Waals surface area contributed by atoms with Gasteiger partial charge < -0.3 is 0 Å². The standard InChI is InChI=1S/C18H22P/c1-16-12-13-19(14-16,18-10-6-3-7-11-18)15-17-8-4-2-5-9-17/h2-11,16H,12-15H2,1H3/q+1/t16-,19?/m0/s1. The van der Waals surface area contributed by atoms with Crippen LogP contribution in [0.3, 0.4) is 0 Å². The first-order chi connectivity index (χ1) is 9.28. The lowest BCUT2D eigenvalue weighted by molar-refractivity contribution is 0.668. The van der Waals surface area contributed by atoms with Gasteiger partial charge in [-0.3, -0.25) is 0 Å². The maximum atomic E-state index is 2.43. The van der Waals surface area contributed by atoms with Crippen LogP contribution in [0.15, 0.2) is 60.7 Å². The van der Waals surface area contributed by atoms with Crippen molar-refractivity contribution in [3.05, 3.63) is 66.2 Å². The molecule has 1 aliphatic heterocycles. The minimum atomic E-state index is -0.977. The predicted molar refractivity (Wildman–Crippen MR) is 86.7 cm³/mol. The van der Waals surface area contributed by atoms with Crippen LogP contribution in [0, 0.1) is 5.92 Å². The second-order valence-electron chi connectivity index (χ2n) is 5.92. The minimum absolute atomic E-state index is 0.900. The Hall–Kier alpha value is -1.13. The van der Waals surface area contributed by atoms with Gasteiger partial charge in [-0.2, -0.15) is 0 Å². The average Bonchev–Trinajstić information content (AvgIpc) is 2.83. The van der Waals surface area contributed by atoms with Crippen molar-refractivity contribution in [1.82, 2.24) is 0 Å². The molecule has 2 atom stereocenters. The van der Waals surface area contributed by atoms with E-state index in [1.54, 1.807) is 5.30 Å². The summed E-state index contributed by atoms with van der Waals surface area (Å²) >= 11 is 0. The molecule has 1 fully saturated rings. The first-order valence-corrected chi connectivity index (χ1v) is 9.59. The molecule has 0 aliphatic carbocycles. The normalized spacial score (nSPS) is 26.5. The van der Waals surface area contributed by atoms with Gasteiger partial charge >= 0.3 is 0 Å². The van der Waals surface area contributed by atoms with Gasteiger partial charge in [-0.25, -0.2) is 0 Å². The highest BCUT2D eigenvalue weighted by Crippen LogP contribution is 2.66. The Morgan fingerprint density at radius 2 is 1.58 bits per heavy atom. The van der Waals surface area contributed by atoms with E-state index in [-0.39, 0.29) is 0 Å². The smallest absolute Gasteiger partial charge is 0.0622 e. The number of hydrogen-bond acceptors (Lipinski definition) is 0. The van der Waals surface area contributed by atoms with Crippen molar-refractivity contribution in [3.8, 4) is 0 Å². The molecule has 0 spiro atoms. The summed E-state index contributed by atoms with van der Waals surface area (Å²) in [6, 6.07) is 22.4. The van der Waals surface area contributed by atoms with Crippen LogP contribution in [0.5, 0.6) is 0 Å². The van der Waals surface area contributed by atoms with E-state index in [9.17, 15) is 0 Å². The Labute approximate surface area is 117 Å². The predicted octanol–water partition coefficient (Wildman–Crippen LogP) is 4.57. The van der Waals surface area contributed by atoms with Crippen molar-refractivity contribution >= 4 is 12.6 Å². The molecular formula is C18H22P+. The Kier molecular flexibility index (Phi) is 3.71. The molecule has 1 heterocycles. The van der Waals surface area contributed by atoms with E-state index in [4.69, 9.17) is 0 Å². The summed E-state index contributed by atoms with van der Waals surface area (Å²) in [5, 5.41) is 1.64. The minimum Gasteiger partial charge on any atom is -0.0622 e. The Bertz CT molecular complexity index is 520. The fourth-order valence-electron chi connectivity index (χ4n) is 3.39. The Morgan fingerprint density at radius 3 is 2.16 bits per heavy atom. The van der Waals surface area contributed by atoms with Gasteiger partial charge in [0.15, 0.2) is 0 Å². The van der Waals surface area contributed by atoms with Crippen molar-refractivity contribution in [2.75, 3.05) is 12.3 Å². The second-order valence-corrected chi connectivity index (χ2v) is 9.86. The average molecular weight is 269 g/mol. The van der Waals surface area contributed by atoms with Crippen molar-refractivity contribution in [2.45, 2.75) is 19.5 Å². The van der Waals surface area contributed by atoms with Crippen LogP contribution in [-0.2, 0) is 6.16 Å². The van der Waals surface area contributed by atoms with E-state index in [1.165, 1.54) is 30.5 Å². The molecule has 1 unspecified atom stereocenters. The quantitative estimate of drug-likeness (QED) is 0.716. The molecule has 2 aromatic rings. The second kappa shape index (κ2) is 5.47. The van der Waals surface area contributed by atoms with Crippen molar-refractivity contribution in [2.24, 2.45) is 5.92 Å². The maximum absolute atomic E-state index is 2.43. The van der Waals surface area contributed by atoms with Gasteiger partial charge in [-0.1, -0.05) is 55.5 Å². The first-order valence-electron chi connectivity index (χ1n) is 7.24. The third kappa shape index (κ3) is 2.74. The number of benzene rings is 2. The lowest BCUT2D eigenvalue weighted by Gasteiger charge is -2.23. The van der Waals surface area contributed by atoms with Crippen LogP contribution >= 0.6 is 7.26 Å². The summed E-state index contributed by atoms with van der Waals surface area (Å²) in [4.78, 5) is 0. The van der Waals surface area contributed by atoms with Gasteiger partial charge in [0.1, 0.15) is 0 Å². The van der Waals surface area contributed by atoms with E-state index in [0.717, 1.165) is 5.92 Å². The lowest BCUT2D eigenvalue weighted by Crippen LogP contribution is -2.15. The van der Waals surface area contributed by atoms with E-state index in [0.29, 0.717) is 0 Å². The van der Waals surface area contributed by atoms with Crippen molar-refractivity contribution in [3.63, 3.8) is 0 Å². The van der Waals surface area contributed by atoms with Gasteiger partial charge in [-0.15, -0.1) is 0 Å². The summed E-state index contributed by atoms with van der Waals surface area (Å²) in [5.41, 5.74) is 1.52. The molecule has 0 amide bonds. The van der Waals surface area contributed by atoms with E-state index < -0.39 is 7.26 Å². The van der Waals surface area contributed by atoms with Crippen LogP contribution in [-0.4, -0.2) is 12.3 Å². The van der Waals surface area contributed by atoms with Gasteiger partial charge in [0.05, 0.1) is 31.1 Å². The summed E-state index contributed by atoms with van der Waals surface area (Å²) in [7, 11) is -0.977. The number of rotatable bonds is 3. The van der Waals surface area contributed by atoms with Gasteiger partial charge in [-0.05, 0) is 30.0 Å². The van der Waals surface area contributed by atoms with Crippen LogP contribution in [0.2, 0.25) is 0 Å². The number of hydrogen-bond donors (Lipinski definition) is 0. The van der Waals surface area contributed by atoms with Crippen LogP contribution in [0.1, 0.15) is 18.9 Å². The highest BCUT2D eigenvalue weighted by molar-refractivity contribution is 7.82. The Balaban J connectivity index is 1.94. The Morgan fingerprint density at radius 1 is 0.947 bits per heavy atom. The van der Waals surface area contributed by atoms with Crippen molar-refractivity contribution in [1.29, 1.82) is 0 Å². The highest BCUT2D eigenvalue weighted by Gasteiger charge is 2.46. The molecule has 0 bridgehead atoms. The molecule has 0 saturated carbocycles. The highest BCUT2D eigenvalue weighted by atomic mass is 31.2. The van der Waals surface area contributed by atoms with Gasteiger partial charge in [0, 0.05) is 0 Å². The zero-order valence-electron chi connectivity index (χ0n) is 11.6. The third-order valence-corrected chi connectivity index (χ3v) is 9.14. The zero-order chi connectivity index (χ0) is 13.1. The van der Waals surface area contributed by atoms with Crippen molar-refractivity contribution < 1.29 is 0 Å². The van der Waals surface area contributed by atoms with Crippen LogP contribution in [0.25, 0.3) is 0 Å². The molecule has 98 valence electrons. The molecule has 0 radical (unpaired) electrons. The van der Waals surface area contributed by atoms with E-state index in [2.05, 4.69) is 67.6 Å². The summed E-state index contributed by atoms with van der Waals surface area (Å²) in [6.07, 6.45) is 5.58. The third-order valence-electron chi connectivity index (χ3n) is 4.34. The first kappa shape index (κ1) is 12.9. The van der Waals surface area contributed by atoms with Gasteiger partial charge in [0.2, 0.25) is 0 Å². The molecular weight excluding hydrogens is 247 g/mol. The largest absolute Gasteiger partial charge is 0.0943 e. The molecule has 0 aromatic heterocycles. The summed E-state index contributed by atoms with van der Waals surface area (Å²) in [6.45, 7) is 2.43. The molecule has 1 aliphatic rings. The summed E-state index contributed by atoms with van der Waals surface area (Å²) in [5.74, 6) is 0.900. The van der Waals surface area contributed by atoms with E-state index in [1.807, 2.05) is 0 Å². The van der Waals surface area contributed by atoms with E-state index >= 15 is 0 Å². The zero-order valence-corrected chi connectivity index (χ0v) is 12.5.